The molecule has 1 aliphatic heterocycles. The third-order valence-electron chi connectivity index (χ3n) is 5.08. The molecule has 0 bridgehead atoms. The molecule has 0 radical (unpaired) electrons. The van der Waals surface area contributed by atoms with E-state index < -0.39 is 0 Å². The monoisotopic (exact) mass is 517 g/mol. The summed E-state index contributed by atoms with van der Waals surface area (Å²) in [4.78, 5) is 11.3. The Hall–Kier alpha value is -1.09. The predicted molar refractivity (Wildman–Crippen MR) is 132 cm³/mol. The molecule has 0 aliphatic carbocycles. The van der Waals surface area contributed by atoms with Crippen LogP contribution in [0.15, 0.2) is 23.3 Å². The first-order valence-corrected chi connectivity index (χ1v) is 10.8. The fourth-order valence-electron chi connectivity index (χ4n) is 3.73. The number of aliphatic imine (C=N–C) groups is 1. The van der Waals surface area contributed by atoms with Crippen molar-refractivity contribution >= 4 is 29.9 Å². The lowest BCUT2D eigenvalue weighted by Gasteiger charge is -2.32. The quantitative estimate of drug-likeness (QED) is 0.294. The van der Waals surface area contributed by atoms with Crippen molar-refractivity contribution in [2.45, 2.75) is 72.1 Å². The maximum absolute atomic E-state index is 5.96. The van der Waals surface area contributed by atoms with E-state index in [4.69, 9.17) is 4.74 Å². The maximum Gasteiger partial charge on any atom is 0.213 e. The molecular formula is C22H40IN5O. The van der Waals surface area contributed by atoms with Gasteiger partial charge in [-0.25, -0.2) is 4.98 Å². The smallest absolute Gasteiger partial charge is 0.213 e. The van der Waals surface area contributed by atoms with Gasteiger partial charge in [0.15, 0.2) is 5.96 Å². The molecule has 6 nitrogen and oxygen atoms in total. The molecule has 1 aliphatic rings. The number of ether oxygens (including phenoxy) is 1. The van der Waals surface area contributed by atoms with Gasteiger partial charge in [-0.05, 0) is 56.7 Å². The van der Waals surface area contributed by atoms with Crippen molar-refractivity contribution < 1.29 is 4.74 Å². The number of piperidine rings is 1. The first kappa shape index (κ1) is 25.9. The van der Waals surface area contributed by atoms with Crippen LogP contribution in [0, 0.1) is 5.92 Å². The molecule has 0 amide bonds. The average molecular weight is 518 g/mol. The van der Waals surface area contributed by atoms with Crippen molar-refractivity contribution in [2.24, 2.45) is 10.9 Å². The van der Waals surface area contributed by atoms with E-state index in [9.17, 15) is 0 Å². The molecule has 166 valence electrons. The van der Waals surface area contributed by atoms with Crippen molar-refractivity contribution in [2.75, 3.05) is 26.7 Å². The van der Waals surface area contributed by atoms with Crippen LogP contribution < -0.4 is 15.4 Å². The minimum Gasteiger partial charge on any atom is -0.475 e. The second-order valence-corrected chi connectivity index (χ2v) is 8.25. The minimum atomic E-state index is 0. The number of halogens is 1. The summed E-state index contributed by atoms with van der Waals surface area (Å²) in [5.74, 6) is 2.17. The summed E-state index contributed by atoms with van der Waals surface area (Å²) in [6, 6.07) is 4.52. The van der Waals surface area contributed by atoms with Gasteiger partial charge in [0.1, 0.15) is 0 Å². The Kier molecular flexibility index (Phi) is 12.5. The zero-order chi connectivity index (χ0) is 20.4. The average Bonchev–Trinajstić information content (AvgIpc) is 2.66. The van der Waals surface area contributed by atoms with Gasteiger partial charge in [-0.1, -0.05) is 20.8 Å². The summed E-state index contributed by atoms with van der Waals surface area (Å²) in [5.41, 5.74) is 1.14. The molecule has 0 saturated carbocycles. The summed E-state index contributed by atoms with van der Waals surface area (Å²) in [6.07, 6.45) is 6.58. The number of pyridine rings is 1. The highest BCUT2D eigenvalue weighted by molar-refractivity contribution is 14.0. The van der Waals surface area contributed by atoms with Crippen LogP contribution in [0.1, 0.15) is 58.9 Å². The summed E-state index contributed by atoms with van der Waals surface area (Å²) < 4.78 is 5.96. The van der Waals surface area contributed by atoms with Gasteiger partial charge < -0.3 is 20.3 Å². The highest BCUT2D eigenvalue weighted by Crippen LogP contribution is 2.15. The third kappa shape index (κ3) is 9.98. The zero-order valence-corrected chi connectivity index (χ0v) is 21.1. The number of guanidine groups is 1. The molecule has 1 unspecified atom stereocenters. The minimum absolute atomic E-state index is 0. The van der Waals surface area contributed by atoms with Gasteiger partial charge in [-0.2, -0.15) is 0 Å². The Bertz CT molecular complexity index is 603. The van der Waals surface area contributed by atoms with Crippen LogP contribution in [-0.2, 0) is 6.54 Å². The van der Waals surface area contributed by atoms with Gasteiger partial charge in [0.25, 0.3) is 0 Å². The summed E-state index contributed by atoms with van der Waals surface area (Å²) in [6.45, 7) is 13.0. The molecule has 1 fully saturated rings. The second kappa shape index (κ2) is 14.0. The Morgan fingerprint density at radius 2 is 2.03 bits per heavy atom. The Labute approximate surface area is 194 Å². The fourth-order valence-corrected chi connectivity index (χ4v) is 3.73. The summed E-state index contributed by atoms with van der Waals surface area (Å²) in [5, 5.41) is 7.00. The molecule has 0 spiro atoms. The lowest BCUT2D eigenvalue weighted by Crippen LogP contribution is -2.48. The van der Waals surface area contributed by atoms with Crippen molar-refractivity contribution in [1.82, 2.24) is 20.5 Å². The highest BCUT2D eigenvalue weighted by Gasteiger charge is 2.19. The number of nitrogens with one attached hydrogen (secondary N) is 2. The number of nitrogens with zero attached hydrogens (tertiary/aromatic N) is 3. The van der Waals surface area contributed by atoms with E-state index in [1.165, 1.54) is 38.9 Å². The Balaban J connectivity index is 0.00000420. The topological polar surface area (TPSA) is 61.8 Å². The molecule has 1 saturated heterocycles. The number of rotatable bonds is 9. The van der Waals surface area contributed by atoms with Gasteiger partial charge >= 0.3 is 0 Å². The van der Waals surface area contributed by atoms with Crippen LogP contribution in [0.3, 0.4) is 0 Å². The zero-order valence-electron chi connectivity index (χ0n) is 18.8. The van der Waals surface area contributed by atoms with E-state index in [1.54, 1.807) is 0 Å². The number of likely N-dealkylation sites (tertiary alicyclic amines) is 1. The standard InChI is InChI=1S/C22H39N5O.HI/c1-6-11-27-12-8-20(9-13-27)26-22(23-5)25-16-19-7-10-24-21(15-19)28-18(4)14-17(2)3;/h7,10,15,17-18,20H,6,8-9,11-14,16H2,1-5H3,(H2,23,25,26);1H. The van der Waals surface area contributed by atoms with Crippen LogP contribution in [-0.4, -0.2) is 54.7 Å². The number of aromatic nitrogens is 1. The van der Waals surface area contributed by atoms with E-state index in [2.05, 4.69) is 53.2 Å². The van der Waals surface area contributed by atoms with Gasteiger partial charge in [0.05, 0.1) is 6.10 Å². The lowest BCUT2D eigenvalue weighted by molar-refractivity contribution is 0.185. The van der Waals surface area contributed by atoms with E-state index in [-0.39, 0.29) is 30.1 Å². The Morgan fingerprint density at radius 1 is 1.31 bits per heavy atom. The van der Waals surface area contributed by atoms with Gasteiger partial charge in [0, 0.05) is 45.0 Å². The molecule has 1 aromatic rings. The van der Waals surface area contributed by atoms with Crippen LogP contribution in [0.4, 0.5) is 0 Å². The van der Waals surface area contributed by atoms with Crippen LogP contribution >= 0.6 is 24.0 Å². The fraction of sp³-hybridized carbons (Fsp3) is 0.727. The van der Waals surface area contributed by atoms with Gasteiger partial charge in [-0.15, -0.1) is 24.0 Å². The van der Waals surface area contributed by atoms with Crippen LogP contribution in [0.5, 0.6) is 5.88 Å². The molecule has 2 rings (SSSR count). The van der Waals surface area contributed by atoms with Crippen LogP contribution in [0.25, 0.3) is 0 Å². The first-order chi connectivity index (χ1) is 13.5. The Morgan fingerprint density at radius 3 is 2.66 bits per heavy atom. The first-order valence-electron chi connectivity index (χ1n) is 10.8. The number of hydrogen-bond acceptors (Lipinski definition) is 4. The highest BCUT2D eigenvalue weighted by atomic mass is 127. The van der Waals surface area contributed by atoms with E-state index in [0.717, 1.165) is 17.9 Å². The molecule has 1 aromatic heterocycles. The van der Waals surface area contributed by atoms with Crippen LogP contribution in [0.2, 0.25) is 0 Å². The molecular weight excluding hydrogens is 477 g/mol. The predicted octanol–water partition coefficient (Wildman–Crippen LogP) is 4.05. The summed E-state index contributed by atoms with van der Waals surface area (Å²) >= 11 is 0. The molecule has 1 atom stereocenters. The largest absolute Gasteiger partial charge is 0.475 e. The van der Waals surface area contributed by atoms with Gasteiger partial charge in [-0.3, -0.25) is 4.99 Å². The SMILES string of the molecule is CCCN1CCC(NC(=NC)NCc2ccnc(OC(C)CC(C)C)c2)CC1.I. The van der Waals surface area contributed by atoms with Crippen molar-refractivity contribution in [3.8, 4) is 5.88 Å². The molecule has 7 heteroatoms. The van der Waals surface area contributed by atoms with E-state index in [0.29, 0.717) is 24.4 Å². The third-order valence-corrected chi connectivity index (χ3v) is 5.08. The van der Waals surface area contributed by atoms with Crippen molar-refractivity contribution in [1.29, 1.82) is 0 Å². The summed E-state index contributed by atoms with van der Waals surface area (Å²) in [7, 11) is 1.83. The van der Waals surface area contributed by atoms with Crippen molar-refractivity contribution in [3.63, 3.8) is 0 Å². The normalized spacial score (nSPS) is 17.0. The van der Waals surface area contributed by atoms with Crippen molar-refractivity contribution in [3.05, 3.63) is 23.9 Å². The lowest BCUT2D eigenvalue weighted by atomic mass is 10.1. The molecule has 2 N–H and O–H groups in total. The van der Waals surface area contributed by atoms with E-state index in [1.807, 2.05) is 25.4 Å². The molecule has 0 aromatic carbocycles. The molecule has 2 heterocycles. The number of hydrogen-bond donors (Lipinski definition) is 2. The molecule has 29 heavy (non-hydrogen) atoms. The second-order valence-electron chi connectivity index (χ2n) is 8.25. The maximum atomic E-state index is 5.96. The van der Waals surface area contributed by atoms with E-state index >= 15 is 0 Å². The van der Waals surface area contributed by atoms with Gasteiger partial charge in [0.2, 0.25) is 5.88 Å².